The quantitative estimate of drug-likeness (QED) is 0.814. The van der Waals surface area contributed by atoms with Gasteiger partial charge in [-0.2, -0.15) is 4.31 Å². The third kappa shape index (κ3) is 3.85. The van der Waals surface area contributed by atoms with Gasteiger partial charge >= 0.3 is 0 Å². The van der Waals surface area contributed by atoms with Gasteiger partial charge in [0.2, 0.25) is 10.0 Å². The summed E-state index contributed by atoms with van der Waals surface area (Å²) < 4.78 is 34.2. The third-order valence-corrected chi connectivity index (χ3v) is 5.90. The number of hydrogen-bond donors (Lipinski definition) is 0. The summed E-state index contributed by atoms with van der Waals surface area (Å²) in [5, 5.41) is 7.96. The standard InChI is InChI=1S/C14H26N4O3S/c1-14(2,3)6-7-22(19,20)18-9-11(21-5)8-12(18)13-16-15-10-17(13)4/h10-12H,6-9H2,1-5H3/t11-,12+/m1/s1. The van der Waals surface area contributed by atoms with E-state index in [-0.39, 0.29) is 23.3 Å². The maximum absolute atomic E-state index is 12.8. The monoisotopic (exact) mass is 330 g/mol. The Labute approximate surface area is 132 Å². The second-order valence-corrected chi connectivity index (χ2v) is 9.15. The highest BCUT2D eigenvalue weighted by atomic mass is 32.2. The van der Waals surface area contributed by atoms with Gasteiger partial charge < -0.3 is 9.30 Å². The van der Waals surface area contributed by atoms with Crippen molar-refractivity contribution in [2.24, 2.45) is 12.5 Å². The maximum atomic E-state index is 12.8. The topological polar surface area (TPSA) is 77.3 Å². The molecule has 1 saturated heterocycles. The molecule has 7 nitrogen and oxygen atoms in total. The Morgan fingerprint density at radius 3 is 2.59 bits per heavy atom. The predicted molar refractivity (Wildman–Crippen MR) is 83.7 cm³/mol. The van der Waals surface area contributed by atoms with Gasteiger partial charge in [0, 0.05) is 20.7 Å². The van der Waals surface area contributed by atoms with Gasteiger partial charge in [-0.15, -0.1) is 10.2 Å². The van der Waals surface area contributed by atoms with Gasteiger partial charge in [0.15, 0.2) is 5.82 Å². The van der Waals surface area contributed by atoms with Crippen LogP contribution >= 0.6 is 0 Å². The van der Waals surface area contributed by atoms with E-state index < -0.39 is 10.0 Å². The van der Waals surface area contributed by atoms with E-state index in [4.69, 9.17) is 4.74 Å². The molecule has 2 atom stereocenters. The molecule has 1 aliphatic heterocycles. The molecule has 1 aromatic rings. The molecular weight excluding hydrogens is 304 g/mol. The molecule has 2 rings (SSSR count). The summed E-state index contributed by atoms with van der Waals surface area (Å²) in [6.07, 6.45) is 2.72. The molecule has 2 heterocycles. The Hall–Kier alpha value is -0.990. The molecule has 0 spiro atoms. The molecule has 0 saturated carbocycles. The molecule has 0 aromatic carbocycles. The molecule has 0 N–H and O–H groups in total. The van der Waals surface area contributed by atoms with Crippen LogP contribution in [0.1, 0.15) is 45.5 Å². The minimum Gasteiger partial charge on any atom is -0.380 e. The Kier molecular flexibility index (Phi) is 4.93. The second kappa shape index (κ2) is 6.25. The van der Waals surface area contributed by atoms with Crippen LogP contribution in [0.4, 0.5) is 0 Å². The smallest absolute Gasteiger partial charge is 0.214 e. The fourth-order valence-corrected chi connectivity index (χ4v) is 4.69. The van der Waals surface area contributed by atoms with Crippen molar-refractivity contribution in [1.82, 2.24) is 19.1 Å². The van der Waals surface area contributed by atoms with Gasteiger partial charge in [-0.25, -0.2) is 8.42 Å². The number of nitrogens with zero attached hydrogens (tertiary/aromatic N) is 4. The Balaban J connectivity index is 2.24. The average Bonchev–Trinajstić information content (AvgIpc) is 3.01. The van der Waals surface area contributed by atoms with Gasteiger partial charge in [0.05, 0.1) is 17.9 Å². The molecule has 126 valence electrons. The van der Waals surface area contributed by atoms with E-state index in [1.807, 2.05) is 27.8 Å². The van der Waals surface area contributed by atoms with Crippen LogP contribution in [0.25, 0.3) is 0 Å². The maximum Gasteiger partial charge on any atom is 0.214 e. The lowest BCUT2D eigenvalue weighted by atomic mass is 9.94. The van der Waals surface area contributed by atoms with Crippen molar-refractivity contribution in [2.75, 3.05) is 19.4 Å². The van der Waals surface area contributed by atoms with E-state index in [1.54, 1.807) is 18.0 Å². The van der Waals surface area contributed by atoms with Crippen molar-refractivity contribution in [3.63, 3.8) is 0 Å². The lowest BCUT2D eigenvalue weighted by molar-refractivity contribution is 0.114. The summed E-state index contributed by atoms with van der Waals surface area (Å²) in [6.45, 7) is 6.51. The highest BCUT2D eigenvalue weighted by Crippen LogP contribution is 2.35. The highest BCUT2D eigenvalue weighted by molar-refractivity contribution is 7.89. The normalized spacial score (nSPS) is 24.0. The molecule has 0 bridgehead atoms. The van der Waals surface area contributed by atoms with Gasteiger partial charge in [0.25, 0.3) is 0 Å². The summed E-state index contributed by atoms with van der Waals surface area (Å²) in [6, 6.07) is -0.303. The van der Waals surface area contributed by atoms with E-state index in [0.29, 0.717) is 25.2 Å². The fraction of sp³-hybridized carbons (Fsp3) is 0.857. The second-order valence-electron chi connectivity index (χ2n) is 7.11. The summed E-state index contributed by atoms with van der Waals surface area (Å²) in [5.41, 5.74) is -0.0201. The molecule has 1 fully saturated rings. The Morgan fingerprint density at radius 1 is 1.41 bits per heavy atom. The largest absolute Gasteiger partial charge is 0.380 e. The summed E-state index contributed by atoms with van der Waals surface area (Å²) in [7, 11) is 0.0876. The van der Waals surface area contributed by atoms with E-state index in [2.05, 4.69) is 10.2 Å². The molecule has 1 aromatic heterocycles. The molecular formula is C14H26N4O3S. The zero-order valence-electron chi connectivity index (χ0n) is 14.0. The minimum atomic E-state index is -3.36. The van der Waals surface area contributed by atoms with Crippen LogP contribution in [0.15, 0.2) is 6.33 Å². The first kappa shape index (κ1) is 17.4. The van der Waals surface area contributed by atoms with Crippen LogP contribution in [0.2, 0.25) is 0 Å². The zero-order chi connectivity index (χ0) is 16.5. The molecule has 22 heavy (non-hydrogen) atoms. The van der Waals surface area contributed by atoms with E-state index in [9.17, 15) is 8.42 Å². The molecule has 0 unspecified atom stereocenters. The van der Waals surface area contributed by atoms with E-state index >= 15 is 0 Å². The van der Waals surface area contributed by atoms with Crippen LogP contribution in [0.3, 0.4) is 0 Å². The summed E-state index contributed by atoms with van der Waals surface area (Å²) >= 11 is 0. The first-order valence-corrected chi connectivity index (χ1v) is 9.11. The van der Waals surface area contributed by atoms with Crippen LogP contribution in [-0.4, -0.2) is 53.0 Å². The van der Waals surface area contributed by atoms with Gasteiger partial charge in [-0.1, -0.05) is 20.8 Å². The van der Waals surface area contributed by atoms with E-state index in [0.717, 1.165) is 0 Å². The fourth-order valence-electron chi connectivity index (χ4n) is 2.63. The van der Waals surface area contributed by atoms with Crippen LogP contribution in [0.5, 0.6) is 0 Å². The lowest BCUT2D eigenvalue weighted by Gasteiger charge is -2.25. The molecule has 0 radical (unpaired) electrons. The molecule has 8 heteroatoms. The lowest BCUT2D eigenvalue weighted by Crippen LogP contribution is -2.35. The van der Waals surface area contributed by atoms with Crippen LogP contribution in [0, 0.1) is 5.41 Å². The first-order chi connectivity index (χ1) is 10.1. The number of aryl methyl sites for hydroxylation is 1. The van der Waals surface area contributed by atoms with Crippen molar-refractivity contribution >= 4 is 10.0 Å². The van der Waals surface area contributed by atoms with Crippen molar-refractivity contribution in [2.45, 2.75) is 45.8 Å². The first-order valence-electron chi connectivity index (χ1n) is 7.50. The van der Waals surface area contributed by atoms with Crippen molar-refractivity contribution in [3.05, 3.63) is 12.2 Å². The van der Waals surface area contributed by atoms with Gasteiger partial charge in [-0.3, -0.25) is 0 Å². The van der Waals surface area contributed by atoms with Crippen LogP contribution in [-0.2, 0) is 21.8 Å². The highest BCUT2D eigenvalue weighted by Gasteiger charge is 2.42. The third-order valence-electron chi connectivity index (χ3n) is 4.06. The predicted octanol–water partition coefficient (Wildman–Crippen LogP) is 1.34. The van der Waals surface area contributed by atoms with Gasteiger partial charge in [0.1, 0.15) is 6.33 Å². The minimum absolute atomic E-state index is 0.0201. The Bertz CT molecular complexity index is 606. The molecule has 0 aliphatic carbocycles. The summed E-state index contributed by atoms with van der Waals surface area (Å²) in [4.78, 5) is 0. The number of methoxy groups -OCH3 is 1. The number of rotatable bonds is 5. The Morgan fingerprint density at radius 2 is 2.09 bits per heavy atom. The average molecular weight is 330 g/mol. The number of hydrogen-bond acceptors (Lipinski definition) is 5. The number of aromatic nitrogens is 3. The number of sulfonamides is 1. The SMILES string of the molecule is CO[C@@H]1C[C@@H](c2nncn2C)N(S(=O)(=O)CCC(C)(C)C)C1. The van der Waals surface area contributed by atoms with Gasteiger partial charge in [-0.05, 0) is 18.3 Å². The van der Waals surface area contributed by atoms with Crippen molar-refractivity contribution < 1.29 is 13.2 Å². The molecule has 0 amide bonds. The van der Waals surface area contributed by atoms with Crippen molar-refractivity contribution in [3.8, 4) is 0 Å². The van der Waals surface area contributed by atoms with Crippen molar-refractivity contribution in [1.29, 1.82) is 0 Å². The van der Waals surface area contributed by atoms with E-state index in [1.165, 1.54) is 4.31 Å². The summed E-state index contributed by atoms with van der Waals surface area (Å²) in [5.74, 6) is 0.806. The number of ether oxygens (including phenoxy) is 1. The van der Waals surface area contributed by atoms with Crippen LogP contribution < -0.4 is 0 Å². The zero-order valence-corrected chi connectivity index (χ0v) is 14.8. The molecule has 1 aliphatic rings.